The molecule has 0 spiro atoms. The van der Waals surface area contributed by atoms with Gasteiger partial charge in [-0.3, -0.25) is 0 Å². The van der Waals surface area contributed by atoms with Crippen molar-refractivity contribution in [2.45, 2.75) is 25.6 Å². The van der Waals surface area contributed by atoms with Crippen LogP contribution >= 0.6 is 27.3 Å². The van der Waals surface area contributed by atoms with Crippen molar-refractivity contribution in [2.24, 2.45) is 5.92 Å². The Labute approximate surface area is 96.0 Å². The number of aliphatic hydroxyl groups excluding tert-OH is 1. The minimum Gasteiger partial charge on any atom is -0.386 e. The molecule has 0 radical (unpaired) electrons. The van der Waals surface area contributed by atoms with Gasteiger partial charge in [0.05, 0.1) is 6.10 Å². The summed E-state index contributed by atoms with van der Waals surface area (Å²) >= 11 is 5.02. The van der Waals surface area contributed by atoms with Gasteiger partial charge in [0.25, 0.3) is 0 Å². The van der Waals surface area contributed by atoms with Crippen molar-refractivity contribution in [1.29, 1.82) is 0 Å². The monoisotopic (exact) mass is 276 g/mol. The fourth-order valence-corrected chi connectivity index (χ4v) is 3.36. The molecule has 1 saturated heterocycles. The number of thiophene rings is 1. The lowest BCUT2D eigenvalue weighted by Gasteiger charge is -2.21. The third-order valence-electron chi connectivity index (χ3n) is 2.72. The maximum absolute atomic E-state index is 10.1. The first kappa shape index (κ1) is 10.6. The molecule has 0 bridgehead atoms. The quantitative estimate of drug-likeness (QED) is 0.900. The first-order valence-corrected chi connectivity index (χ1v) is 6.45. The SMILES string of the molecule is CC1CCOC1C(O)c1cscc1Br. The van der Waals surface area contributed by atoms with Crippen LogP contribution in [0, 0.1) is 5.92 Å². The van der Waals surface area contributed by atoms with Crippen LogP contribution < -0.4 is 0 Å². The fraction of sp³-hybridized carbons (Fsp3) is 0.600. The average molecular weight is 277 g/mol. The molecule has 3 atom stereocenters. The third kappa shape index (κ3) is 1.89. The van der Waals surface area contributed by atoms with E-state index in [9.17, 15) is 5.11 Å². The number of rotatable bonds is 2. The molecule has 3 unspecified atom stereocenters. The number of hydrogen-bond acceptors (Lipinski definition) is 3. The van der Waals surface area contributed by atoms with Crippen molar-refractivity contribution < 1.29 is 9.84 Å². The van der Waals surface area contributed by atoms with Crippen molar-refractivity contribution in [3.05, 3.63) is 20.8 Å². The largest absolute Gasteiger partial charge is 0.386 e. The van der Waals surface area contributed by atoms with E-state index in [4.69, 9.17) is 4.74 Å². The summed E-state index contributed by atoms with van der Waals surface area (Å²) in [6, 6.07) is 0. The van der Waals surface area contributed by atoms with Crippen LogP contribution in [0.4, 0.5) is 0 Å². The van der Waals surface area contributed by atoms with Crippen molar-refractivity contribution in [1.82, 2.24) is 0 Å². The average Bonchev–Trinajstić information content (AvgIpc) is 2.73. The molecule has 0 amide bonds. The fourth-order valence-electron chi connectivity index (χ4n) is 1.80. The molecule has 14 heavy (non-hydrogen) atoms. The third-order valence-corrected chi connectivity index (χ3v) is 4.47. The molecule has 0 aliphatic carbocycles. The van der Waals surface area contributed by atoms with E-state index in [1.807, 2.05) is 10.8 Å². The Balaban J connectivity index is 2.15. The summed E-state index contributed by atoms with van der Waals surface area (Å²) in [4.78, 5) is 0. The van der Waals surface area contributed by atoms with E-state index in [-0.39, 0.29) is 6.10 Å². The van der Waals surface area contributed by atoms with Gasteiger partial charge in [0.1, 0.15) is 6.10 Å². The van der Waals surface area contributed by atoms with E-state index >= 15 is 0 Å². The molecular formula is C10H13BrO2S. The van der Waals surface area contributed by atoms with Crippen LogP contribution in [-0.2, 0) is 4.74 Å². The Morgan fingerprint density at radius 2 is 2.43 bits per heavy atom. The van der Waals surface area contributed by atoms with Gasteiger partial charge in [-0.1, -0.05) is 6.92 Å². The van der Waals surface area contributed by atoms with Crippen LogP contribution in [0.5, 0.6) is 0 Å². The predicted octanol–water partition coefficient (Wildman–Crippen LogP) is 2.97. The lowest BCUT2D eigenvalue weighted by atomic mass is 9.96. The zero-order valence-corrected chi connectivity index (χ0v) is 10.3. The summed E-state index contributed by atoms with van der Waals surface area (Å²) in [6.07, 6.45) is 0.512. The van der Waals surface area contributed by atoms with Gasteiger partial charge in [0.15, 0.2) is 0 Å². The van der Waals surface area contributed by atoms with Gasteiger partial charge in [-0.2, -0.15) is 11.3 Å². The van der Waals surface area contributed by atoms with Gasteiger partial charge >= 0.3 is 0 Å². The van der Waals surface area contributed by atoms with Crippen molar-refractivity contribution in [3.8, 4) is 0 Å². The Morgan fingerprint density at radius 3 is 2.93 bits per heavy atom. The summed E-state index contributed by atoms with van der Waals surface area (Å²) in [6.45, 7) is 2.89. The topological polar surface area (TPSA) is 29.5 Å². The Bertz CT molecular complexity index is 313. The van der Waals surface area contributed by atoms with Crippen molar-refractivity contribution in [3.63, 3.8) is 0 Å². The molecule has 2 nitrogen and oxygen atoms in total. The molecule has 2 heterocycles. The van der Waals surface area contributed by atoms with E-state index in [0.29, 0.717) is 5.92 Å². The number of hydrogen-bond donors (Lipinski definition) is 1. The summed E-state index contributed by atoms with van der Waals surface area (Å²) in [7, 11) is 0. The summed E-state index contributed by atoms with van der Waals surface area (Å²) < 4.78 is 6.52. The van der Waals surface area contributed by atoms with Crippen LogP contribution in [0.2, 0.25) is 0 Å². The van der Waals surface area contributed by atoms with Gasteiger partial charge < -0.3 is 9.84 Å². The molecule has 0 aromatic carbocycles. The number of aliphatic hydroxyl groups is 1. The van der Waals surface area contributed by atoms with E-state index < -0.39 is 6.10 Å². The highest BCUT2D eigenvalue weighted by molar-refractivity contribution is 9.10. The zero-order chi connectivity index (χ0) is 10.1. The van der Waals surface area contributed by atoms with Crippen LogP contribution in [0.15, 0.2) is 15.2 Å². The van der Waals surface area contributed by atoms with Crippen LogP contribution in [0.25, 0.3) is 0 Å². The molecule has 78 valence electrons. The molecule has 1 fully saturated rings. The molecule has 2 rings (SSSR count). The van der Waals surface area contributed by atoms with Gasteiger partial charge in [-0.15, -0.1) is 0 Å². The molecular weight excluding hydrogens is 264 g/mol. The minimum absolute atomic E-state index is 0.0408. The summed E-state index contributed by atoms with van der Waals surface area (Å²) in [5, 5.41) is 14.1. The van der Waals surface area contributed by atoms with E-state index in [1.54, 1.807) is 11.3 Å². The molecule has 1 aromatic heterocycles. The van der Waals surface area contributed by atoms with Gasteiger partial charge in [-0.25, -0.2) is 0 Å². The van der Waals surface area contributed by atoms with Crippen molar-refractivity contribution in [2.75, 3.05) is 6.61 Å². The normalized spacial score (nSPS) is 29.4. The van der Waals surface area contributed by atoms with Gasteiger partial charge in [0, 0.05) is 22.0 Å². The number of halogens is 1. The summed E-state index contributed by atoms with van der Waals surface area (Å²) in [5.74, 6) is 0.441. The van der Waals surface area contributed by atoms with E-state index in [2.05, 4.69) is 22.9 Å². The van der Waals surface area contributed by atoms with Gasteiger partial charge in [-0.05, 0) is 33.6 Å². The maximum Gasteiger partial charge on any atom is 0.107 e. The lowest BCUT2D eigenvalue weighted by molar-refractivity contribution is -0.0179. The maximum atomic E-state index is 10.1. The van der Waals surface area contributed by atoms with Crippen molar-refractivity contribution >= 4 is 27.3 Å². The predicted molar refractivity (Wildman–Crippen MR) is 60.5 cm³/mol. The molecule has 1 aliphatic rings. The number of ether oxygens (including phenoxy) is 1. The second kappa shape index (κ2) is 4.31. The Morgan fingerprint density at radius 1 is 1.64 bits per heavy atom. The molecule has 4 heteroatoms. The van der Waals surface area contributed by atoms with Gasteiger partial charge in [0.2, 0.25) is 0 Å². The van der Waals surface area contributed by atoms with Crippen LogP contribution in [-0.4, -0.2) is 17.8 Å². The first-order chi connectivity index (χ1) is 6.70. The smallest absolute Gasteiger partial charge is 0.107 e. The minimum atomic E-state index is -0.492. The second-order valence-corrected chi connectivity index (χ2v) is 5.32. The van der Waals surface area contributed by atoms with E-state index in [0.717, 1.165) is 23.1 Å². The highest BCUT2D eigenvalue weighted by Gasteiger charge is 2.32. The first-order valence-electron chi connectivity index (χ1n) is 4.71. The highest BCUT2D eigenvalue weighted by atomic mass is 79.9. The lowest BCUT2D eigenvalue weighted by Crippen LogP contribution is -2.22. The standard InChI is InChI=1S/C10H13BrO2S/c1-6-2-3-13-10(6)9(12)7-4-14-5-8(7)11/h4-6,9-10,12H,2-3H2,1H3. The molecule has 1 aliphatic heterocycles. The van der Waals surface area contributed by atoms with E-state index in [1.165, 1.54) is 0 Å². The van der Waals surface area contributed by atoms with Crippen LogP contribution in [0.1, 0.15) is 25.0 Å². The zero-order valence-electron chi connectivity index (χ0n) is 7.94. The molecule has 0 saturated carbocycles. The Kier molecular flexibility index (Phi) is 3.27. The molecule has 1 N–H and O–H groups in total. The highest BCUT2D eigenvalue weighted by Crippen LogP contribution is 2.35. The second-order valence-electron chi connectivity index (χ2n) is 3.72. The van der Waals surface area contributed by atoms with Crippen LogP contribution in [0.3, 0.4) is 0 Å². The molecule has 1 aromatic rings. The Hall–Kier alpha value is 0.100. The summed E-state index contributed by atoms with van der Waals surface area (Å²) in [5.41, 5.74) is 0.953.